The fourth-order valence-corrected chi connectivity index (χ4v) is 4.28. The normalized spacial score (nSPS) is 18.9. The van der Waals surface area contributed by atoms with E-state index < -0.39 is 6.10 Å². The van der Waals surface area contributed by atoms with Crippen molar-refractivity contribution < 1.29 is 23.8 Å². The third-order valence-electron chi connectivity index (χ3n) is 6.44. The van der Waals surface area contributed by atoms with Crippen LogP contribution in [0.4, 0.5) is 0 Å². The Labute approximate surface area is 194 Å². The van der Waals surface area contributed by atoms with Crippen molar-refractivity contribution in [3.63, 3.8) is 0 Å². The topological polar surface area (TPSA) is 109 Å². The third-order valence-corrected chi connectivity index (χ3v) is 6.44. The lowest BCUT2D eigenvalue weighted by Gasteiger charge is -2.32. The highest BCUT2D eigenvalue weighted by atomic mass is 16.5. The van der Waals surface area contributed by atoms with Crippen molar-refractivity contribution in [1.29, 1.82) is 0 Å². The van der Waals surface area contributed by atoms with E-state index in [0.29, 0.717) is 35.4 Å². The molecule has 0 spiro atoms. The Hall–Kier alpha value is -2.87. The van der Waals surface area contributed by atoms with Crippen molar-refractivity contribution in [1.82, 2.24) is 10.2 Å². The van der Waals surface area contributed by atoms with Crippen molar-refractivity contribution >= 4 is 23.3 Å². The number of fused-ring (bicyclic) bond motifs is 1. The Morgan fingerprint density at radius 2 is 1.82 bits per heavy atom. The van der Waals surface area contributed by atoms with Crippen molar-refractivity contribution in [3.8, 4) is 5.75 Å². The highest BCUT2D eigenvalue weighted by Gasteiger charge is 2.24. The minimum Gasteiger partial charge on any atom is -0.483 e. The molecule has 0 bridgehead atoms. The minimum absolute atomic E-state index is 0.119. The van der Waals surface area contributed by atoms with Gasteiger partial charge in [-0.3, -0.25) is 9.59 Å². The second-order valence-corrected chi connectivity index (χ2v) is 9.02. The summed E-state index contributed by atoms with van der Waals surface area (Å²) in [5, 5.41) is 10.7. The zero-order chi connectivity index (χ0) is 24.7. The van der Waals surface area contributed by atoms with Crippen molar-refractivity contribution in [2.45, 2.75) is 65.5 Å². The van der Waals surface area contributed by atoms with Gasteiger partial charge in [0.25, 0.3) is 12.4 Å². The number of nitrogens with zero attached hydrogens (tertiary/aromatic N) is 1. The van der Waals surface area contributed by atoms with Crippen molar-refractivity contribution in [3.05, 3.63) is 39.2 Å². The fourth-order valence-electron chi connectivity index (χ4n) is 4.28. The number of hydrogen-bond acceptors (Lipinski definition) is 6. The summed E-state index contributed by atoms with van der Waals surface area (Å²) >= 11 is 0. The zero-order valence-corrected chi connectivity index (χ0v) is 20.4. The van der Waals surface area contributed by atoms with Gasteiger partial charge in [0.05, 0.1) is 5.39 Å². The molecule has 3 rings (SSSR count). The highest BCUT2D eigenvalue weighted by Crippen LogP contribution is 2.31. The molecule has 0 radical (unpaired) electrons. The zero-order valence-electron chi connectivity index (χ0n) is 20.4. The van der Waals surface area contributed by atoms with Gasteiger partial charge in [0.2, 0.25) is 0 Å². The summed E-state index contributed by atoms with van der Waals surface area (Å²) in [6.07, 6.45) is 3.99. The van der Waals surface area contributed by atoms with Gasteiger partial charge in [-0.2, -0.15) is 0 Å². The summed E-state index contributed by atoms with van der Waals surface area (Å²) in [6.45, 7) is 7.73. The van der Waals surface area contributed by atoms with Crippen molar-refractivity contribution in [2.24, 2.45) is 5.92 Å². The summed E-state index contributed by atoms with van der Waals surface area (Å²) in [5.74, 6) is 0.978. The number of nitrogens with one attached hydrogen (secondary N) is 1. The number of benzene rings is 1. The standard InChI is InChI=1S/C24H34N2O4.CH2O2/c1-14-11-20(22-15(2)16(3)24(28)30-21(22)12-14)29-17(4)23(27)25-13-18-7-9-19(10-8-18)26(5)6;2-1-3/h11-12,17-19H,7-10,13H2,1-6H3,(H,25,27);1H,(H,2,3). The molecule has 182 valence electrons. The van der Waals surface area contributed by atoms with Crippen LogP contribution in [0.3, 0.4) is 0 Å². The summed E-state index contributed by atoms with van der Waals surface area (Å²) in [7, 11) is 4.27. The van der Waals surface area contributed by atoms with Crippen LogP contribution >= 0.6 is 0 Å². The molecular weight excluding hydrogens is 424 g/mol. The lowest BCUT2D eigenvalue weighted by atomic mass is 9.85. The quantitative estimate of drug-likeness (QED) is 0.502. The molecule has 2 aromatic rings. The second-order valence-electron chi connectivity index (χ2n) is 9.02. The molecule has 1 aromatic carbocycles. The number of rotatable bonds is 6. The smallest absolute Gasteiger partial charge is 0.339 e. The molecule has 2 N–H and O–H groups in total. The first kappa shape index (κ1) is 26.4. The molecule has 1 saturated carbocycles. The molecule has 1 heterocycles. The van der Waals surface area contributed by atoms with E-state index in [1.165, 1.54) is 12.8 Å². The monoisotopic (exact) mass is 460 g/mol. The maximum absolute atomic E-state index is 12.7. The number of carboxylic acid groups (broad SMARTS) is 1. The first-order valence-electron chi connectivity index (χ1n) is 11.3. The van der Waals surface area contributed by atoms with E-state index in [1.54, 1.807) is 13.8 Å². The lowest BCUT2D eigenvalue weighted by Crippen LogP contribution is -2.41. The predicted molar refractivity (Wildman–Crippen MR) is 128 cm³/mol. The molecule has 33 heavy (non-hydrogen) atoms. The van der Waals surface area contributed by atoms with Crippen LogP contribution in [0.1, 0.15) is 49.3 Å². The van der Waals surface area contributed by atoms with Gasteiger partial charge in [0, 0.05) is 18.2 Å². The number of carbonyl (C=O) groups is 2. The van der Waals surface area contributed by atoms with E-state index in [9.17, 15) is 9.59 Å². The molecule has 8 heteroatoms. The molecule has 1 aromatic heterocycles. The van der Waals surface area contributed by atoms with Crippen molar-refractivity contribution in [2.75, 3.05) is 20.6 Å². The van der Waals surface area contributed by atoms with Gasteiger partial charge < -0.3 is 24.5 Å². The van der Waals surface area contributed by atoms with Crippen LogP contribution < -0.4 is 15.7 Å². The van der Waals surface area contributed by atoms with Crippen LogP contribution in [0, 0.1) is 26.7 Å². The van der Waals surface area contributed by atoms with E-state index in [-0.39, 0.29) is 18.0 Å². The van der Waals surface area contributed by atoms with Crippen LogP contribution in [0.25, 0.3) is 11.0 Å². The van der Waals surface area contributed by atoms with Gasteiger partial charge in [0.1, 0.15) is 11.3 Å². The SMILES string of the molecule is Cc1cc(OC(C)C(=O)NCC2CCC(N(C)C)CC2)c2c(C)c(C)c(=O)oc2c1.O=CO. The van der Waals surface area contributed by atoms with Gasteiger partial charge in [0.15, 0.2) is 6.10 Å². The number of carbonyl (C=O) groups excluding carboxylic acids is 1. The molecule has 1 atom stereocenters. The predicted octanol–water partition coefficient (Wildman–Crippen LogP) is 3.42. The van der Waals surface area contributed by atoms with Gasteiger partial charge in [-0.1, -0.05) is 0 Å². The number of aryl methyl sites for hydroxylation is 2. The highest BCUT2D eigenvalue weighted by molar-refractivity contribution is 5.89. The molecule has 1 aliphatic rings. The Bertz CT molecular complexity index is 1020. The maximum Gasteiger partial charge on any atom is 0.339 e. The maximum atomic E-state index is 12.7. The molecular formula is C25H36N2O6. The summed E-state index contributed by atoms with van der Waals surface area (Å²) in [6, 6.07) is 4.37. The first-order valence-corrected chi connectivity index (χ1v) is 11.3. The molecule has 8 nitrogen and oxygen atoms in total. The number of hydrogen-bond donors (Lipinski definition) is 2. The van der Waals surface area contributed by atoms with Crippen LogP contribution in [0.15, 0.2) is 21.3 Å². The van der Waals surface area contributed by atoms with E-state index in [2.05, 4.69) is 24.3 Å². The van der Waals surface area contributed by atoms with Gasteiger partial charge in [-0.25, -0.2) is 4.79 Å². The summed E-state index contributed by atoms with van der Waals surface area (Å²) < 4.78 is 11.5. The second kappa shape index (κ2) is 11.8. The Morgan fingerprint density at radius 1 is 1.21 bits per heavy atom. The number of amides is 1. The Balaban J connectivity index is 0.00000122. The van der Waals surface area contributed by atoms with Gasteiger partial charge >= 0.3 is 5.63 Å². The van der Waals surface area contributed by atoms with E-state index >= 15 is 0 Å². The Kier molecular flexibility index (Phi) is 9.46. The van der Waals surface area contributed by atoms with Crippen LogP contribution in [0.5, 0.6) is 5.75 Å². The number of ether oxygens (including phenoxy) is 1. The third kappa shape index (κ3) is 6.81. The van der Waals surface area contributed by atoms with Crippen LogP contribution in [-0.2, 0) is 9.59 Å². The largest absolute Gasteiger partial charge is 0.483 e. The molecule has 1 fully saturated rings. The first-order chi connectivity index (χ1) is 15.6. The Morgan fingerprint density at radius 3 is 2.39 bits per heavy atom. The van der Waals surface area contributed by atoms with E-state index in [4.69, 9.17) is 19.1 Å². The summed E-state index contributed by atoms with van der Waals surface area (Å²) in [5.41, 5.74) is 2.44. The molecule has 1 amide bonds. The lowest BCUT2D eigenvalue weighted by molar-refractivity contribution is -0.127. The average molecular weight is 461 g/mol. The molecule has 1 aliphatic carbocycles. The van der Waals surface area contributed by atoms with E-state index in [0.717, 1.165) is 29.4 Å². The molecule has 1 unspecified atom stereocenters. The fraction of sp³-hybridized carbons (Fsp3) is 0.560. The van der Waals surface area contributed by atoms with Gasteiger partial charge in [-0.05, 0) is 96.7 Å². The molecule has 0 aliphatic heterocycles. The minimum atomic E-state index is -0.639. The van der Waals surface area contributed by atoms with E-state index in [1.807, 2.05) is 26.0 Å². The van der Waals surface area contributed by atoms with Crippen LogP contribution in [0.2, 0.25) is 0 Å². The molecule has 0 saturated heterocycles. The van der Waals surface area contributed by atoms with Gasteiger partial charge in [-0.15, -0.1) is 0 Å². The van der Waals surface area contributed by atoms with Crippen LogP contribution in [-0.4, -0.2) is 55.2 Å². The summed E-state index contributed by atoms with van der Waals surface area (Å²) in [4.78, 5) is 35.4. The average Bonchev–Trinajstić information content (AvgIpc) is 2.76.